The first kappa shape index (κ1) is 22.3. The second-order valence-corrected chi connectivity index (χ2v) is 10.2. The minimum atomic E-state index is -4.08. The third-order valence-corrected chi connectivity index (χ3v) is 7.21. The van der Waals surface area contributed by atoms with E-state index in [0.717, 1.165) is 9.21 Å². The van der Waals surface area contributed by atoms with E-state index in [2.05, 4.69) is 0 Å². The summed E-state index contributed by atoms with van der Waals surface area (Å²) < 4.78 is 33.1. The number of methoxy groups -OCH3 is 1. The predicted octanol–water partition coefficient (Wildman–Crippen LogP) is 3.47. The number of rotatable bonds is 5. The van der Waals surface area contributed by atoms with Gasteiger partial charge in [-0.2, -0.15) is 4.31 Å². The Labute approximate surface area is 181 Å². The molecule has 1 atom stereocenters. The zero-order chi connectivity index (χ0) is 22.3. The Morgan fingerprint density at radius 1 is 1.03 bits per heavy atom. The van der Waals surface area contributed by atoms with Gasteiger partial charge in [0.2, 0.25) is 15.9 Å². The standard InChI is InChI=1S/C21H23ClN2O5S/c1-21(2,3)24(30(27,28)17-11-5-14(22)6-12-17)18-13-19(25)23(20(18)26)15-7-9-16(29-4)10-8-15/h5-12,18H,13H2,1-4H3. The normalized spacial score (nSPS) is 17.7. The molecule has 2 aromatic rings. The largest absolute Gasteiger partial charge is 0.497 e. The number of benzene rings is 2. The summed E-state index contributed by atoms with van der Waals surface area (Å²) in [6, 6.07) is 11.0. The lowest BCUT2D eigenvalue weighted by Crippen LogP contribution is -2.54. The van der Waals surface area contributed by atoms with Crippen molar-refractivity contribution in [2.24, 2.45) is 0 Å². The van der Waals surface area contributed by atoms with Gasteiger partial charge in [-0.25, -0.2) is 13.3 Å². The molecule has 0 aromatic heterocycles. The summed E-state index contributed by atoms with van der Waals surface area (Å²) in [6.45, 7) is 5.07. The Bertz CT molecular complexity index is 1060. The maximum atomic E-state index is 13.4. The molecule has 1 saturated heterocycles. The minimum absolute atomic E-state index is 0.00460. The van der Waals surface area contributed by atoms with Gasteiger partial charge in [-0.1, -0.05) is 11.6 Å². The van der Waals surface area contributed by atoms with Gasteiger partial charge in [0.1, 0.15) is 11.8 Å². The Balaban J connectivity index is 2.02. The fourth-order valence-electron chi connectivity index (χ4n) is 3.52. The highest BCUT2D eigenvalue weighted by Crippen LogP contribution is 2.34. The number of hydrogen-bond acceptors (Lipinski definition) is 5. The monoisotopic (exact) mass is 450 g/mol. The van der Waals surface area contributed by atoms with Gasteiger partial charge in [0, 0.05) is 10.6 Å². The molecule has 2 amide bonds. The number of carbonyl (C=O) groups excluding carboxylic acids is 2. The molecule has 160 valence electrons. The maximum Gasteiger partial charge on any atom is 0.252 e. The number of nitrogens with zero attached hydrogens (tertiary/aromatic N) is 2. The molecule has 0 radical (unpaired) electrons. The van der Waals surface area contributed by atoms with E-state index in [4.69, 9.17) is 16.3 Å². The quantitative estimate of drug-likeness (QED) is 0.651. The van der Waals surface area contributed by atoms with Gasteiger partial charge in [-0.05, 0) is 69.3 Å². The van der Waals surface area contributed by atoms with Crippen molar-refractivity contribution < 1.29 is 22.7 Å². The molecule has 1 heterocycles. The third-order valence-electron chi connectivity index (χ3n) is 4.77. The number of halogens is 1. The summed E-state index contributed by atoms with van der Waals surface area (Å²) in [5, 5.41) is 0.397. The minimum Gasteiger partial charge on any atom is -0.497 e. The summed E-state index contributed by atoms with van der Waals surface area (Å²) >= 11 is 5.89. The van der Waals surface area contributed by atoms with Crippen molar-refractivity contribution in [1.82, 2.24) is 4.31 Å². The zero-order valence-electron chi connectivity index (χ0n) is 17.1. The lowest BCUT2D eigenvalue weighted by molar-refractivity contribution is -0.122. The second kappa shape index (κ2) is 8.02. The molecule has 0 bridgehead atoms. The average Bonchev–Trinajstić information content (AvgIpc) is 2.94. The van der Waals surface area contributed by atoms with E-state index in [-0.39, 0.29) is 11.3 Å². The second-order valence-electron chi connectivity index (χ2n) is 7.91. The van der Waals surface area contributed by atoms with E-state index in [9.17, 15) is 18.0 Å². The van der Waals surface area contributed by atoms with Crippen molar-refractivity contribution in [3.05, 3.63) is 53.6 Å². The first-order chi connectivity index (χ1) is 14.0. The lowest BCUT2D eigenvalue weighted by Gasteiger charge is -2.37. The van der Waals surface area contributed by atoms with Crippen molar-refractivity contribution in [1.29, 1.82) is 0 Å². The fourth-order valence-corrected chi connectivity index (χ4v) is 5.57. The Morgan fingerprint density at radius 2 is 1.60 bits per heavy atom. The van der Waals surface area contributed by atoms with Crippen molar-refractivity contribution in [3.63, 3.8) is 0 Å². The van der Waals surface area contributed by atoms with Crippen LogP contribution in [0.25, 0.3) is 0 Å². The van der Waals surface area contributed by atoms with Crippen LogP contribution in [-0.4, -0.2) is 43.2 Å². The first-order valence-corrected chi connectivity index (χ1v) is 11.1. The Morgan fingerprint density at radius 3 is 2.10 bits per heavy atom. The third kappa shape index (κ3) is 4.08. The summed E-state index contributed by atoms with van der Waals surface area (Å²) in [5.41, 5.74) is -0.583. The van der Waals surface area contributed by atoms with Crippen LogP contribution < -0.4 is 9.64 Å². The van der Waals surface area contributed by atoms with Crippen LogP contribution in [-0.2, 0) is 19.6 Å². The van der Waals surface area contributed by atoms with Gasteiger partial charge < -0.3 is 4.74 Å². The highest BCUT2D eigenvalue weighted by atomic mass is 35.5. The number of sulfonamides is 1. The highest BCUT2D eigenvalue weighted by molar-refractivity contribution is 7.89. The molecule has 1 fully saturated rings. The number of ether oxygens (including phenoxy) is 1. The van der Waals surface area contributed by atoms with Crippen LogP contribution in [0.5, 0.6) is 5.75 Å². The van der Waals surface area contributed by atoms with E-state index in [1.165, 1.54) is 31.4 Å². The van der Waals surface area contributed by atoms with Gasteiger partial charge in [-0.3, -0.25) is 9.59 Å². The topological polar surface area (TPSA) is 84.0 Å². The van der Waals surface area contributed by atoms with Crippen LogP contribution in [0, 0.1) is 0 Å². The number of anilines is 1. The highest BCUT2D eigenvalue weighted by Gasteiger charge is 2.50. The smallest absolute Gasteiger partial charge is 0.252 e. The molecule has 30 heavy (non-hydrogen) atoms. The summed E-state index contributed by atoms with van der Waals surface area (Å²) in [7, 11) is -2.56. The molecular formula is C21H23ClN2O5S. The van der Waals surface area contributed by atoms with Crippen LogP contribution >= 0.6 is 11.6 Å². The Hall–Kier alpha value is -2.42. The van der Waals surface area contributed by atoms with Crippen LogP contribution in [0.15, 0.2) is 53.4 Å². The first-order valence-electron chi connectivity index (χ1n) is 9.28. The fraction of sp³-hybridized carbons (Fsp3) is 0.333. The van der Waals surface area contributed by atoms with Gasteiger partial charge in [0.15, 0.2) is 0 Å². The average molecular weight is 451 g/mol. The molecule has 9 heteroatoms. The van der Waals surface area contributed by atoms with Gasteiger partial charge >= 0.3 is 0 Å². The molecule has 1 aliphatic rings. The van der Waals surface area contributed by atoms with Crippen molar-refractivity contribution in [2.45, 2.75) is 43.7 Å². The molecule has 3 rings (SSSR count). The van der Waals surface area contributed by atoms with Crippen LogP contribution in [0.3, 0.4) is 0 Å². The van der Waals surface area contributed by atoms with E-state index in [1.807, 2.05) is 0 Å². The zero-order valence-corrected chi connectivity index (χ0v) is 18.7. The molecule has 0 spiro atoms. The van der Waals surface area contributed by atoms with Crippen molar-refractivity contribution in [2.75, 3.05) is 12.0 Å². The number of amides is 2. The van der Waals surface area contributed by atoms with Crippen molar-refractivity contribution >= 4 is 39.1 Å². The van der Waals surface area contributed by atoms with E-state index < -0.39 is 33.4 Å². The molecular weight excluding hydrogens is 428 g/mol. The van der Waals surface area contributed by atoms with Crippen molar-refractivity contribution in [3.8, 4) is 5.75 Å². The molecule has 1 unspecified atom stereocenters. The molecule has 0 saturated carbocycles. The molecule has 0 N–H and O–H groups in total. The molecule has 1 aliphatic heterocycles. The number of hydrogen-bond donors (Lipinski definition) is 0. The van der Waals surface area contributed by atoms with Gasteiger partial charge in [0.25, 0.3) is 5.91 Å². The Kier molecular flexibility index (Phi) is 5.95. The van der Waals surface area contributed by atoms with Crippen LogP contribution in [0.4, 0.5) is 5.69 Å². The summed E-state index contributed by atoms with van der Waals surface area (Å²) in [6.07, 6.45) is -0.241. The molecule has 0 aliphatic carbocycles. The summed E-state index contributed by atoms with van der Waals surface area (Å²) in [4.78, 5) is 27.0. The summed E-state index contributed by atoms with van der Waals surface area (Å²) in [5.74, 6) is -0.468. The number of imide groups is 1. The van der Waals surface area contributed by atoms with E-state index in [0.29, 0.717) is 16.5 Å². The van der Waals surface area contributed by atoms with Crippen LogP contribution in [0.1, 0.15) is 27.2 Å². The van der Waals surface area contributed by atoms with Crippen LogP contribution in [0.2, 0.25) is 5.02 Å². The SMILES string of the molecule is COc1ccc(N2C(=O)CC(N(C(C)(C)C)S(=O)(=O)c3ccc(Cl)cc3)C2=O)cc1. The maximum absolute atomic E-state index is 13.4. The van der Waals surface area contributed by atoms with E-state index >= 15 is 0 Å². The lowest BCUT2D eigenvalue weighted by atomic mass is 10.1. The van der Waals surface area contributed by atoms with Gasteiger partial charge in [0.05, 0.1) is 24.1 Å². The number of carbonyl (C=O) groups is 2. The predicted molar refractivity (Wildman–Crippen MR) is 114 cm³/mol. The van der Waals surface area contributed by atoms with E-state index in [1.54, 1.807) is 45.0 Å². The van der Waals surface area contributed by atoms with Gasteiger partial charge in [-0.15, -0.1) is 0 Å². The molecule has 7 nitrogen and oxygen atoms in total. The molecule has 2 aromatic carbocycles.